The Hall–Kier alpha value is -0.890. The van der Waals surface area contributed by atoms with E-state index >= 15 is 0 Å². The molecule has 1 saturated carbocycles. The second kappa shape index (κ2) is 5.24. The number of nitrogen functional groups attached to an aromatic ring is 1. The van der Waals surface area contributed by atoms with Crippen LogP contribution in [0.4, 0.5) is 10.3 Å². The Morgan fingerprint density at radius 1 is 1.47 bits per heavy atom. The molecule has 0 radical (unpaired) electrons. The van der Waals surface area contributed by atoms with Crippen molar-refractivity contribution in [3.63, 3.8) is 0 Å². The van der Waals surface area contributed by atoms with E-state index in [1.807, 2.05) is 22.6 Å². The van der Waals surface area contributed by atoms with Crippen LogP contribution in [0.2, 0.25) is 0 Å². The summed E-state index contributed by atoms with van der Waals surface area (Å²) in [5.74, 6) is 0.912. The SMILES string of the molecule is Nc1nc2cc(I)c(F)cc2n1CCOCC1CC1. The molecule has 0 bridgehead atoms. The van der Waals surface area contributed by atoms with Crippen molar-refractivity contribution in [3.05, 3.63) is 21.5 Å². The van der Waals surface area contributed by atoms with E-state index in [9.17, 15) is 4.39 Å². The van der Waals surface area contributed by atoms with Crippen molar-refractivity contribution in [1.82, 2.24) is 9.55 Å². The minimum Gasteiger partial charge on any atom is -0.379 e. The van der Waals surface area contributed by atoms with Crippen LogP contribution in [0.3, 0.4) is 0 Å². The van der Waals surface area contributed by atoms with Crippen LogP contribution >= 0.6 is 22.6 Å². The van der Waals surface area contributed by atoms with Crippen molar-refractivity contribution >= 4 is 39.6 Å². The van der Waals surface area contributed by atoms with Crippen molar-refractivity contribution in [2.75, 3.05) is 18.9 Å². The molecule has 0 amide bonds. The van der Waals surface area contributed by atoms with Crippen LogP contribution in [0.15, 0.2) is 12.1 Å². The molecule has 2 aromatic rings. The maximum Gasteiger partial charge on any atom is 0.201 e. The Bertz CT molecular complexity index is 609. The van der Waals surface area contributed by atoms with Gasteiger partial charge in [0.2, 0.25) is 5.95 Å². The number of ether oxygens (including phenoxy) is 1. The first kappa shape index (κ1) is 13.1. The molecule has 1 aliphatic rings. The van der Waals surface area contributed by atoms with Crippen LogP contribution in [-0.4, -0.2) is 22.8 Å². The molecule has 2 N–H and O–H groups in total. The highest BCUT2D eigenvalue weighted by Crippen LogP contribution is 2.29. The summed E-state index contributed by atoms with van der Waals surface area (Å²) in [5.41, 5.74) is 7.33. The number of fused-ring (bicyclic) bond motifs is 1. The van der Waals surface area contributed by atoms with E-state index in [0.717, 1.165) is 23.6 Å². The van der Waals surface area contributed by atoms with Crippen molar-refractivity contribution in [2.45, 2.75) is 19.4 Å². The summed E-state index contributed by atoms with van der Waals surface area (Å²) >= 11 is 1.95. The molecule has 1 fully saturated rings. The Labute approximate surface area is 124 Å². The Morgan fingerprint density at radius 2 is 2.26 bits per heavy atom. The predicted molar refractivity (Wildman–Crippen MR) is 80.4 cm³/mol. The fourth-order valence-electron chi connectivity index (χ4n) is 2.06. The summed E-state index contributed by atoms with van der Waals surface area (Å²) in [4.78, 5) is 4.25. The van der Waals surface area contributed by atoms with Crippen molar-refractivity contribution in [1.29, 1.82) is 0 Å². The molecule has 102 valence electrons. The predicted octanol–water partition coefficient (Wildman–Crippen LogP) is 2.79. The van der Waals surface area contributed by atoms with Crippen LogP contribution in [0, 0.1) is 15.3 Å². The maximum absolute atomic E-state index is 13.6. The van der Waals surface area contributed by atoms with E-state index in [-0.39, 0.29) is 5.82 Å². The number of imidazole rings is 1. The summed E-state index contributed by atoms with van der Waals surface area (Å²) in [6, 6.07) is 3.20. The molecule has 1 aromatic heterocycles. The smallest absolute Gasteiger partial charge is 0.201 e. The zero-order valence-corrected chi connectivity index (χ0v) is 12.6. The molecule has 0 aliphatic heterocycles. The molecule has 1 aromatic carbocycles. The lowest BCUT2D eigenvalue weighted by Crippen LogP contribution is -2.10. The van der Waals surface area contributed by atoms with Gasteiger partial charge in [0.1, 0.15) is 5.82 Å². The third-order valence-electron chi connectivity index (χ3n) is 3.33. The molecule has 19 heavy (non-hydrogen) atoms. The zero-order valence-electron chi connectivity index (χ0n) is 10.4. The topological polar surface area (TPSA) is 53.1 Å². The average molecular weight is 375 g/mol. The van der Waals surface area contributed by atoms with Gasteiger partial charge in [-0.15, -0.1) is 0 Å². The first-order valence-corrected chi connectivity index (χ1v) is 7.41. The molecule has 0 saturated heterocycles. The van der Waals surface area contributed by atoms with Gasteiger partial charge in [0, 0.05) is 19.2 Å². The molecule has 6 heteroatoms. The van der Waals surface area contributed by atoms with E-state index in [0.29, 0.717) is 22.7 Å². The van der Waals surface area contributed by atoms with Crippen molar-refractivity contribution in [2.24, 2.45) is 5.92 Å². The number of hydrogen-bond acceptors (Lipinski definition) is 3. The highest BCUT2D eigenvalue weighted by molar-refractivity contribution is 14.1. The molecule has 0 atom stereocenters. The Kier molecular flexibility index (Phi) is 3.62. The fourth-order valence-corrected chi connectivity index (χ4v) is 2.51. The first-order chi connectivity index (χ1) is 9.15. The highest BCUT2D eigenvalue weighted by Gasteiger charge is 2.21. The maximum atomic E-state index is 13.6. The van der Waals surface area contributed by atoms with Gasteiger partial charge in [0.05, 0.1) is 21.2 Å². The summed E-state index contributed by atoms with van der Waals surface area (Å²) in [5, 5.41) is 0. The minimum atomic E-state index is -0.242. The van der Waals surface area contributed by atoms with Gasteiger partial charge in [-0.05, 0) is 47.4 Å². The van der Waals surface area contributed by atoms with Gasteiger partial charge in [-0.3, -0.25) is 0 Å². The van der Waals surface area contributed by atoms with Crippen LogP contribution in [-0.2, 0) is 11.3 Å². The monoisotopic (exact) mass is 375 g/mol. The van der Waals surface area contributed by atoms with Gasteiger partial charge < -0.3 is 15.0 Å². The summed E-state index contributed by atoms with van der Waals surface area (Å²) in [6.45, 7) is 2.01. The van der Waals surface area contributed by atoms with Crippen molar-refractivity contribution in [3.8, 4) is 0 Å². The number of aromatic nitrogens is 2. The summed E-state index contributed by atoms with van der Waals surface area (Å²) in [7, 11) is 0. The lowest BCUT2D eigenvalue weighted by Gasteiger charge is -2.07. The number of benzene rings is 1. The minimum absolute atomic E-state index is 0.242. The summed E-state index contributed by atoms with van der Waals surface area (Å²) < 4.78 is 21.6. The highest BCUT2D eigenvalue weighted by atomic mass is 127. The second-order valence-electron chi connectivity index (χ2n) is 4.89. The largest absolute Gasteiger partial charge is 0.379 e. The molecule has 0 unspecified atom stereocenters. The Balaban J connectivity index is 1.76. The van der Waals surface area contributed by atoms with E-state index in [1.165, 1.54) is 18.9 Å². The van der Waals surface area contributed by atoms with Gasteiger partial charge in [0.15, 0.2) is 0 Å². The average Bonchev–Trinajstić information content (AvgIpc) is 3.13. The summed E-state index contributed by atoms with van der Waals surface area (Å²) in [6.07, 6.45) is 2.56. The van der Waals surface area contributed by atoms with Gasteiger partial charge in [0.25, 0.3) is 0 Å². The molecule has 1 aliphatic carbocycles. The number of nitrogens with two attached hydrogens (primary N) is 1. The molecular formula is C13H15FIN3O. The molecule has 1 heterocycles. The third kappa shape index (κ3) is 2.84. The van der Waals surface area contributed by atoms with E-state index in [1.54, 1.807) is 10.6 Å². The quantitative estimate of drug-likeness (QED) is 0.646. The number of hydrogen-bond donors (Lipinski definition) is 1. The lowest BCUT2D eigenvalue weighted by atomic mass is 10.3. The molecule has 4 nitrogen and oxygen atoms in total. The van der Waals surface area contributed by atoms with Gasteiger partial charge in [-0.25, -0.2) is 9.37 Å². The van der Waals surface area contributed by atoms with E-state index in [4.69, 9.17) is 10.5 Å². The Morgan fingerprint density at radius 3 is 3.00 bits per heavy atom. The van der Waals surface area contributed by atoms with Gasteiger partial charge in [-0.2, -0.15) is 0 Å². The third-order valence-corrected chi connectivity index (χ3v) is 4.16. The van der Waals surface area contributed by atoms with Gasteiger partial charge >= 0.3 is 0 Å². The molecule has 0 spiro atoms. The van der Waals surface area contributed by atoms with Crippen molar-refractivity contribution < 1.29 is 9.13 Å². The normalized spacial score (nSPS) is 15.3. The number of nitrogens with zero attached hydrogens (tertiary/aromatic N) is 2. The zero-order chi connectivity index (χ0) is 13.4. The molecule has 3 rings (SSSR count). The number of anilines is 1. The van der Waals surface area contributed by atoms with E-state index in [2.05, 4.69) is 4.98 Å². The van der Waals surface area contributed by atoms with Gasteiger partial charge in [-0.1, -0.05) is 0 Å². The van der Waals surface area contributed by atoms with Crippen LogP contribution in [0.25, 0.3) is 11.0 Å². The molecular weight excluding hydrogens is 360 g/mol. The van der Waals surface area contributed by atoms with Crippen LogP contribution in [0.1, 0.15) is 12.8 Å². The van der Waals surface area contributed by atoms with Crippen LogP contribution < -0.4 is 5.73 Å². The van der Waals surface area contributed by atoms with Crippen LogP contribution in [0.5, 0.6) is 0 Å². The first-order valence-electron chi connectivity index (χ1n) is 6.33. The standard InChI is InChI=1S/C13H15FIN3O/c14-9-5-12-11(6-10(9)15)17-13(16)18(12)3-4-19-7-8-1-2-8/h5-6,8H,1-4,7H2,(H2,16,17). The lowest BCUT2D eigenvalue weighted by molar-refractivity contribution is 0.118. The fraction of sp³-hybridized carbons (Fsp3) is 0.462. The number of halogens is 2. The second-order valence-corrected chi connectivity index (χ2v) is 6.06. The number of rotatable bonds is 5. The van der Waals surface area contributed by atoms with E-state index < -0.39 is 0 Å².